The molecule has 0 aromatic carbocycles. The van der Waals surface area contributed by atoms with Crippen molar-refractivity contribution in [2.45, 2.75) is 32.2 Å². The molecule has 1 aliphatic heterocycles. The van der Waals surface area contributed by atoms with Crippen LogP contribution in [0.5, 0.6) is 0 Å². The highest BCUT2D eigenvalue weighted by atomic mass is 32.1. The Morgan fingerprint density at radius 1 is 1.53 bits per heavy atom. The summed E-state index contributed by atoms with van der Waals surface area (Å²) in [6.07, 6.45) is 7.51. The lowest BCUT2D eigenvalue weighted by Gasteiger charge is -2.28. The molecule has 2 atom stereocenters. The topological polar surface area (TPSA) is 37.8 Å². The SMILES string of the molecule is CCC1CCNC(c2nc3cnccc3s2)C1. The first-order chi connectivity index (χ1) is 8.36. The fraction of sp³-hybridized carbons (Fsp3) is 0.538. The van der Waals surface area contributed by atoms with Gasteiger partial charge in [-0.05, 0) is 31.4 Å². The predicted molar refractivity (Wildman–Crippen MR) is 71.2 cm³/mol. The first-order valence-corrected chi connectivity index (χ1v) is 7.12. The Hall–Kier alpha value is -1.00. The van der Waals surface area contributed by atoms with Gasteiger partial charge in [0.05, 0.1) is 22.5 Å². The average Bonchev–Trinajstić information content (AvgIpc) is 2.82. The van der Waals surface area contributed by atoms with E-state index in [0.29, 0.717) is 6.04 Å². The van der Waals surface area contributed by atoms with Crippen molar-refractivity contribution in [2.75, 3.05) is 6.54 Å². The number of thiazole rings is 1. The molecule has 3 nitrogen and oxygen atoms in total. The smallest absolute Gasteiger partial charge is 0.111 e. The molecule has 0 amide bonds. The van der Waals surface area contributed by atoms with E-state index < -0.39 is 0 Å². The summed E-state index contributed by atoms with van der Waals surface area (Å²) in [5.41, 5.74) is 1.04. The zero-order valence-corrected chi connectivity index (χ0v) is 10.8. The number of piperidine rings is 1. The fourth-order valence-electron chi connectivity index (χ4n) is 2.50. The highest BCUT2D eigenvalue weighted by Crippen LogP contribution is 2.33. The third-order valence-corrected chi connectivity index (χ3v) is 4.74. The van der Waals surface area contributed by atoms with Gasteiger partial charge in [0.2, 0.25) is 0 Å². The van der Waals surface area contributed by atoms with Crippen molar-refractivity contribution in [1.82, 2.24) is 15.3 Å². The van der Waals surface area contributed by atoms with E-state index >= 15 is 0 Å². The molecule has 90 valence electrons. The van der Waals surface area contributed by atoms with Gasteiger partial charge in [-0.1, -0.05) is 13.3 Å². The Balaban J connectivity index is 1.87. The summed E-state index contributed by atoms with van der Waals surface area (Å²) < 4.78 is 1.25. The van der Waals surface area contributed by atoms with E-state index in [0.717, 1.165) is 18.0 Å². The van der Waals surface area contributed by atoms with Crippen molar-refractivity contribution < 1.29 is 0 Å². The van der Waals surface area contributed by atoms with Crippen molar-refractivity contribution in [1.29, 1.82) is 0 Å². The highest BCUT2D eigenvalue weighted by molar-refractivity contribution is 7.18. The average molecular weight is 247 g/mol. The van der Waals surface area contributed by atoms with E-state index in [1.54, 1.807) is 11.3 Å². The molecule has 1 aliphatic rings. The van der Waals surface area contributed by atoms with E-state index in [2.05, 4.69) is 23.3 Å². The minimum absolute atomic E-state index is 0.450. The van der Waals surface area contributed by atoms with Crippen molar-refractivity contribution in [3.63, 3.8) is 0 Å². The second-order valence-corrected chi connectivity index (χ2v) is 5.76. The summed E-state index contributed by atoms with van der Waals surface area (Å²) in [5.74, 6) is 0.853. The standard InChI is InChI=1S/C13H17N3S/c1-2-9-3-6-15-10(7-9)13-16-11-8-14-5-4-12(11)17-13/h4-5,8-10,15H,2-3,6-7H2,1H3. The zero-order chi connectivity index (χ0) is 11.7. The van der Waals surface area contributed by atoms with Crippen LogP contribution < -0.4 is 5.32 Å². The van der Waals surface area contributed by atoms with Gasteiger partial charge in [0.15, 0.2) is 0 Å². The number of rotatable bonds is 2. The highest BCUT2D eigenvalue weighted by Gasteiger charge is 2.23. The maximum atomic E-state index is 4.70. The second-order valence-electron chi connectivity index (χ2n) is 4.70. The number of hydrogen-bond donors (Lipinski definition) is 1. The van der Waals surface area contributed by atoms with E-state index in [-0.39, 0.29) is 0 Å². The maximum Gasteiger partial charge on any atom is 0.111 e. The molecule has 1 N–H and O–H groups in total. The Bertz CT molecular complexity index is 475. The van der Waals surface area contributed by atoms with Crippen molar-refractivity contribution >= 4 is 21.6 Å². The van der Waals surface area contributed by atoms with Gasteiger partial charge in [-0.2, -0.15) is 0 Å². The zero-order valence-electron chi connectivity index (χ0n) is 10.0. The first kappa shape index (κ1) is 11.1. The van der Waals surface area contributed by atoms with E-state index in [4.69, 9.17) is 4.98 Å². The minimum atomic E-state index is 0.450. The summed E-state index contributed by atoms with van der Waals surface area (Å²) in [6, 6.07) is 2.50. The first-order valence-electron chi connectivity index (χ1n) is 6.30. The summed E-state index contributed by atoms with van der Waals surface area (Å²) in [5, 5.41) is 4.82. The van der Waals surface area contributed by atoms with Crippen LogP contribution in [0.2, 0.25) is 0 Å². The second kappa shape index (κ2) is 4.70. The molecule has 2 unspecified atom stereocenters. The van der Waals surface area contributed by atoms with E-state index in [1.165, 1.54) is 29.0 Å². The predicted octanol–water partition coefficient (Wildman–Crippen LogP) is 3.14. The monoisotopic (exact) mass is 247 g/mol. The number of hydrogen-bond acceptors (Lipinski definition) is 4. The fourth-order valence-corrected chi connectivity index (χ4v) is 3.52. The molecule has 2 aromatic rings. The lowest BCUT2D eigenvalue weighted by Crippen LogP contribution is -2.31. The van der Waals surface area contributed by atoms with E-state index in [1.807, 2.05) is 12.4 Å². The third kappa shape index (κ3) is 2.19. The van der Waals surface area contributed by atoms with Crippen molar-refractivity contribution in [2.24, 2.45) is 5.92 Å². The molecule has 0 spiro atoms. The van der Waals surface area contributed by atoms with Crippen LogP contribution in [-0.4, -0.2) is 16.5 Å². The van der Waals surface area contributed by atoms with Gasteiger partial charge < -0.3 is 5.32 Å². The molecule has 0 bridgehead atoms. The molecule has 0 saturated carbocycles. The van der Waals surface area contributed by atoms with Gasteiger partial charge in [0.1, 0.15) is 5.01 Å². The van der Waals surface area contributed by atoms with Gasteiger partial charge in [0, 0.05) is 6.20 Å². The molecule has 0 aliphatic carbocycles. The third-order valence-electron chi connectivity index (χ3n) is 3.59. The molecular weight excluding hydrogens is 230 g/mol. The van der Waals surface area contributed by atoms with Crippen LogP contribution in [-0.2, 0) is 0 Å². The molecule has 2 aromatic heterocycles. The Morgan fingerprint density at radius 2 is 2.47 bits per heavy atom. The Morgan fingerprint density at radius 3 is 3.29 bits per heavy atom. The largest absolute Gasteiger partial charge is 0.308 e. The van der Waals surface area contributed by atoms with Crippen LogP contribution >= 0.6 is 11.3 Å². The number of nitrogens with zero attached hydrogens (tertiary/aromatic N) is 2. The number of fused-ring (bicyclic) bond motifs is 1. The quantitative estimate of drug-likeness (QED) is 0.886. The molecule has 3 rings (SSSR count). The lowest BCUT2D eigenvalue weighted by atomic mass is 9.91. The van der Waals surface area contributed by atoms with Gasteiger partial charge >= 0.3 is 0 Å². The van der Waals surface area contributed by atoms with Crippen molar-refractivity contribution in [3.8, 4) is 0 Å². The van der Waals surface area contributed by atoms with E-state index in [9.17, 15) is 0 Å². The van der Waals surface area contributed by atoms with Crippen LogP contribution in [0.15, 0.2) is 18.5 Å². The van der Waals surface area contributed by atoms with Crippen molar-refractivity contribution in [3.05, 3.63) is 23.5 Å². The summed E-state index contributed by atoms with van der Waals surface area (Å²) >= 11 is 1.80. The summed E-state index contributed by atoms with van der Waals surface area (Å²) in [7, 11) is 0. The van der Waals surface area contributed by atoms with Gasteiger partial charge in [0.25, 0.3) is 0 Å². The lowest BCUT2D eigenvalue weighted by molar-refractivity contribution is 0.299. The molecule has 1 fully saturated rings. The van der Waals surface area contributed by atoms with Crippen LogP contribution in [0, 0.1) is 5.92 Å². The molecule has 1 saturated heterocycles. The molecular formula is C13H17N3S. The molecule has 4 heteroatoms. The van der Waals surface area contributed by atoms with Crippen LogP contribution in [0.1, 0.15) is 37.2 Å². The maximum absolute atomic E-state index is 4.70. The number of aromatic nitrogens is 2. The van der Waals surface area contributed by atoms with Gasteiger partial charge in [-0.25, -0.2) is 4.98 Å². The molecule has 3 heterocycles. The number of nitrogens with one attached hydrogen (secondary N) is 1. The minimum Gasteiger partial charge on any atom is -0.308 e. The summed E-state index contributed by atoms with van der Waals surface area (Å²) in [6.45, 7) is 3.41. The Labute approximate surface area is 105 Å². The van der Waals surface area contributed by atoms with Crippen LogP contribution in [0.25, 0.3) is 10.2 Å². The number of pyridine rings is 1. The van der Waals surface area contributed by atoms with Crippen LogP contribution in [0.4, 0.5) is 0 Å². The van der Waals surface area contributed by atoms with Gasteiger partial charge in [-0.3, -0.25) is 4.98 Å². The molecule has 0 radical (unpaired) electrons. The van der Waals surface area contributed by atoms with Gasteiger partial charge in [-0.15, -0.1) is 11.3 Å². The Kier molecular flexibility index (Phi) is 3.07. The van der Waals surface area contributed by atoms with Crippen LogP contribution in [0.3, 0.4) is 0 Å². The summed E-state index contributed by atoms with van der Waals surface area (Å²) in [4.78, 5) is 8.82. The normalized spacial score (nSPS) is 25.2. The molecule has 17 heavy (non-hydrogen) atoms.